The minimum atomic E-state index is -0.282. The molecule has 6 heterocycles. The highest BCUT2D eigenvalue weighted by molar-refractivity contribution is 8.02. The lowest BCUT2D eigenvalue weighted by Crippen LogP contribution is -2.46. The van der Waals surface area contributed by atoms with E-state index < -0.39 is 0 Å². The van der Waals surface area contributed by atoms with Crippen LogP contribution in [0.5, 0.6) is 0 Å². The van der Waals surface area contributed by atoms with E-state index in [-0.39, 0.29) is 98.8 Å². The lowest BCUT2D eigenvalue weighted by Gasteiger charge is -2.36. The van der Waals surface area contributed by atoms with E-state index in [1.165, 1.54) is 46.4 Å². The third kappa shape index (κ3) is 14.4. The number of nitrogens with zero attached hydrogens (tertiary/aromatic N) is 8. The van der Waals surface area contributed by atoms with Crippen molar-refractivity contribution in [1.29, 1.82) is 0 Å². The average Bonchev–Trinajstić information content (AvgIpc) is 4.04. The van der Waals surface area contributed by atoms with Gasteiger partial charge in [-0.3, -0.25) is 19.4 Å². The molecule has 4 saturated heterocycles. The van der Waals surface area contributed by atoms with Gasteiger partial charge in [0.05, 0.1) is 42.6 Å². The topological polar surface area (TPSA) is 94.9 Å². The van der Waals surface area contributed by atoms with Crippen LogP contribution in [0.15, 0.2) is 109 Å². The molecule has 19 heteroatoms. The van der Waals surface area contributed by atoms with Gasteiger partial charge in [0.1, 0.15) is 11.6 Å². The Labute approximate surface area is 476 Å². The van der Waals surface area contributed by atoms with Gasteiger partial charge in [0.15, 0.2) is 0 Å². The third-order valence-electron chi connectivity index (χ3n) is 14.6. The van der Waals surface area contributed by atoms with E-state index in [0.717, 1.165) is 127 Å². The van der Waals surface area contributed by atoms with Crippen LogP contribution in [-0.4, -0.2) is 145 Å². The highest BCUT2D eigenvalue weighted by Crippen LogP contribution is 2.41. The van der Waals surface area contributed by atoms with Crippen LogP contribution in [0.2, 0.25) is 0 Å². The Bertz CT molecular complexity index is 2580. The molecule has 0 bridgehead atoms. The summed E-state index contributed by atoms with van der Waals surface area (Å²) >= 11 is 3.53. The first-order valence-electron chi connectivity index (χ1n) is 25.3. The molecule has 2 aromatic heterocycles. The lowest BCUT2D eigenvalue weighted by molar-refractivity contribution is -0.132. The van der Waals surface area contributed by atoms with Crippen molar-refractivity contribution < 1.29 is 23.8 Å². The van der Waals surface area contributed by atoms with Crippen molar-refractivity contribution in [3.63, 3.8) is 0 Å². The van der Waals surface area contributed by atoms with E-state index in [0.29, 0.717) is 0 Å². The summed E-state index contributed by atoms with van der Waals surface area (Å²) in [5.41, 5.74) is 6.71. The molecule has 11 nitrogen and oxygen atoms in total. The van der Waals surface area contributed by atoms with Crippen molar-refractivity contribution in [3.05, 3.63) is 121 Å². The zero-order valence-electron chi connectivity index (χ0n) is 44.0. The Balaban J connectivity index is 0.000000304. The van der Waals surface area contributed by atoms with E-state index in [4.69, 9.17) is 0 Å². The smallest absolute Gasteiger partial charge is 0.239 e. The summed E-state index contributed by atoms with van der Waals surface area (Å²) in [6.45, 7) is 24.4. The number of carbonyl (C=O) groups excluding carboxylic acids is 2. The van der Waals surface area contributed by atoms with E-state index in [2.05, 4.69) is 113 Å². The maximum atomic E-state index is 13.5. The van der Waals surface area contributed by atoms with Crippen LogP contribution in [0, 0.1) is 11.6 Å². The molecule has 0 saturated carbocycles. The van der Waals surface area contributed by atoms with Gasteiger partial charge >= 0.3 is 0 Å². The Kier molecular flexibility index (Phi) is 23.4. The first-order chi connectivity index (χ1) is 33.7. The summed E-state index contributed by atoms with van der Waals surface area (Å²) < 4.78 is 30.7. The number of benzene rings is 4. The first-order valence-corrected chi connectivity index (χ1v) is 27.1. The summed E-state index contributed by atoms with van der Waals surface area (Å²) in [7, 11) is 0. The molecule has 0 aliphatic carbocycles. The van der Waals surface area contributed by atoms with Crippen LogP contribution in [0.4, 0.5) is 20.2 Å². The average molecular weight is 1150 g/mol. The summed E-state index contributed by atoms with van der Waals surface area (Å²) in [6.07, 6.45) is 8.73. The second kappa shape index (κ2) is 27.6. The minimum absolute atomic E-state index is 0. The number of amides is 2. The molecular weight excluding hydrogens is 1080 g/mol. The monoisotopic (exact) mass is 1150 g/mol. The molecule has 2 unspecified atom stereocenters. The number of thioether (sulfide) groups is 2. The molecule has 4 aliphatic rings. The number of halogens is 6. The number of aromatic nitrogens is 2. The third-order valence-corrected chi connectivity index (χ3v) is 17.3. The van der Waals surface area contributed by atoms with Gasteiger partial charge < -0.3 is 34.2 Å². The van der Waals surface area contributed by atoms with Gasteiger partial charge in [0, 0.05) is 100.0 Å². The van der Waals surface area contributed by atoms with E-state index in [1.54, 1.807) is 23.5 Å². The van der Waals surface area contributed by atoms with Crippen LogP contribution in [0.25, 0.3) is 33.2 Å². The fraction of sp³-hybridized carbons (Fsp3) is 0.464. The molecule has 4 fully saturated rings. The number of piperazine rings is 2. The van der Waals surface area contributed by atoms with Crippen LogP contribution in [0.1, 0.15) is 67.2 Å². The Morgan fingerprint density at radius 2 is 0.800 bits per heavy atom. The van der Waals surface area contributed by atoms with Crippen LogP contribution in [-0.2, 0) is 9.59 Å². The van der Waals surface area contributed by atoms with Crippen LogP contribution in [0.3, 0.4) is 0 Å². The van der Waals surface area contributed by atoms with E-state index in [9.17, 15) is 18.4 Å². The predicted octanol–water partition coefficient (Wildman–Crippen LogP) is 11.6. The minimum Gasteiger partial charge on any atom is -0.412 e. The SMILES string of the molecule is CC1SC(C)(C)C(=O)N1CCCCN1CCN(c2cn(-c3ccc(F)cc3)c3ccccc23)CC1.CC1SC(C)(C)C(=O)N1CCCCN1CCN(c2cn(-c3ccc(F)cc3)c3ccccc23)CC1.Cl.Cl.Cl.Cl.O. The standard InChI is InChI=1S/2C28H35FN4OS.4ClH.H2O/c2*1-21-32(27(34)28(2,3)35-21)15-7-6-14-30-16-18-31(19-17-30)26-20-33(23-12-10-22(29)11-13-23)25-9-5-4-8-24(25)26;;;;;/h2*4-5,8-13,20-21H,6-7,14-19H2,1-3H3;4*1H;1H2. The molecule has 10 rings (SSSR count). The number of anilines is 2. The Morgan fingerprint density at radius 1 is 0.480 bits per heavy atom. The second-order valence-electron chi connectivity index (χ2n) is 20.3. The van der Waals surface area contributed by atoms with Gasteiger partial charge in [-0.15, -0.1) is 73.2 Å². The Morgan fingerprint density at radius 3 is 1.12 bits per heavy atom. The maximum Gasteiger partial charge on any atom is 0.239 e. The van der Waals surface area contributed by atoms with Gasteiger partial charge in [-0.2, -0.15) is 0 Å². The molecule has 0 spiro atoms. The van der Waals surface area contributed by atoms with Gasteiger partial charge in [-0.05, 0) is 141 Å². The highest BCUT2D eigenvalue weighted by Gasteiger charge is 2.44. The zero-order chi connectivity index (χ0) is 49.2. The lowest BCUT2D eigenvalue weighted by atomic mass is 10.1. The van der Waals surface area contributed by atoms with Gasteiger partial charge in [0.2, 0.25) is 11.8 Å². The quantitative estimate of drug-likeness (QED) is 0.0996. The summed E-state index contributed by atoms with van der Waals surface area (Å²) in [4.78, 5) is 39.3. The van der Waals surface area contributed by atoms with Crippen molar-refractivity contribution in [2.45, 2.75) is 87.5 Å². The summed E-state index contributed by atoms with van der Waals surface area (Å²) in [5, 5.41) is 3.02. The number of hydrogen-bond acceptors (Lipinski definition) is 8. The molecule has 0 radical (unpaired) electrons. The number of unbranched alkanes of at least 4 members (excludes halogenated alkanes) is 2. The number of para-hydroxylation sites is 2. The number of hydrogen-bond donors (Lipinski definition) is 0. The fourth-order valence-electron chi connectivity index (χ4n) is 10.8. The molecule has 75 heavy (non-hydrogen) atoms. The molecule has 2 atom stereocenters. The summed E-state index contributed by atoms with van der Waals surface area (Å²) in [6, 6.07) is 30.3. The second-order valence-corrected chi connectivity index (χ2v) is 24.2. The van der Waals surface area contributed by atoms with Crippen LogP contribution < -0.4 is 9.80 Å². The molecule has 4 aromatic carbocycles. The first kappa shape index (κ1) is 63.6. The van der Waals surface area contributed by atoms with Crippen molar-refractivity contribution in [2.24, 2.45) is 0 Å². The zero-order valence-corrected chi connectivity index (χ0v) is 48.9. The maximum absolute atomic E-state index is 13.5. The van der Waals surface area contributed by atoms with Crippen molar-refractivity contribution in [2.75, 3.05) is 88.3 Å². The van der Waals surface area contributed by atoms with Crippen LogP contribution >= 0.6 is 73.2 Å². The largest absolute Gasteiger partial charge is 0.412 e. The fourth-order valence-corrected chi connectivity index (χ4v) is 13.6. The molecule has 2 N–H and O–H groups in total. The van der Waals surface area contributed by atoms with E-state index >= 15 is 0 Å². The van der Waals surface area contributed by atoms with Gasteiger partial charge in [-0.1, -0.05) is 36.4 Å². The highest BCUT2D eigenvalue weighted by atomic mass is 35.5. The number of rotatable bonds is 14. The molecule has 4 aliphatic heterocycles. The summed E-state index contributed by atoms with van der Waals surface area (Å²) in [5.74, 6) is 0.128. The van der Waals surface area contributed by atoms with Crippen molar-refractivity contribution in [3.8, 4) is 11.4 Å². The Hall–Kier alpha value is -3.90. The molecule has 6 aromatic rings. The molecule has 2 amide bonds. The van der Waals surface area contributed by atoms with Crippen molar-refractivity contribution in [1.82, 2.24) is 28.7 Å². The van der Waals surface area contributed by atoms with Crippen molar-refractivity contribution >= 4 is 118 Å². The number of fused-ring (bicyclic) bond motifs is 2. The predicted molar refractivity (Wildman–Crippen MR) is 321 cm³/mol. The molecule has 412 valence electrons. The normalized spacial score (nSPS) is 19.4. The van der Waals surface area contributed by atoms with E-state index in [1.807, 2.05) is 52.0 Å². The van der Waals surface area contributed by atoms with Gasteiger partial charge in [-0.25, -0.2) is 8.78 Å². The van der Waals surface area contributed by atoms with Gasteiger partial charge in [0.25, 0.3) is 0 Å². The number of carbonyl (C=O) groups is 2. The molecular formula is C56H76Cl4F2N8O3S2.